The molecule has 0 aromatic carbocycles. The van der Waals surface area contributed by atoms with Crippen molar-refractivity contribution in [2.24, 2.45) is 0 Å². The lowest BCUT2D eigenvalue weighted by atomic mass is 10.3. The fourth-order valence-corrected chi connectivity index (χ4v) is 1.39. The molecule has 2 heteroatoms. The summed E-state index contributed by atoms with van der Waals surface area (Å²) in [7, 11) is 0. The molecule has 1 nitrogen and oxygen atoms in total. The van der Waals surface area contributed by atoms with Crippen LogP contribution in [-0.4, -0.2) is 11.7 Å². The van der Waals surface area contributed by atoms with Gasteiger partial charge in [0.1, 0.15) is 0 Å². The summed E-state index contributed by atoms with van der Waals surface area (Å²) < 4.78 is 0. The Morgan fingerprint density at radius 2 is 2.36 bits per heavy atom. The van der Waals surface area contributed by atoms with Crippen LogP contribution in [0.2, 0.25) is 0 Å². The molecule has 0 saturated carbocycles. The number of hydrogen-bond acceptors (Lipinski definition) is 2. The van der Waals surface area contributed by atoms with Gasteiger partial charge < -0.3 is 5.11 Å². The molecule has 0 bridgehead atoms. The first kappa shape index (κ1) is 10.8. The Hall–Kier alpha value is -1.30. The third kappa shape index (κ3) is 4.66. The molecule has 0 saturated heterocycles. The Bertz CT molecular complexity index is 349. The smallest absolute Gasteiger partial charge is 0.0771 e. The van der Waals surface area contributed by atoms with E-state index in [0.29, 0.717) is 6.42 Å². The number of aliphatic hydroxyl groups excluding tert-OH is 1. The van der Waals surface area contributed by atoms with Crippen molar-refractivity contribution in [2.75, 3.05) is 6.61 Å². The number of hydrogen-bond donors (Lipinski definition) is 1. The molecule has 0 amide bonds. The van der Waals surface area contributed by atoms with Crippen LogP contribution in [0, 0.1) is 11.8 Å². The van der Waals surface area contributed by atoms with Crippen LogP contribution in [-0.2, 0) is 0 Å². The molecule has 1 aromatic heterocycles. The van der Waals surface area contributed by atoms with Gasteiger partial charge in [-0.15, -0.1) is 11.3 Å². The molecule has 0 atom stereocenters. The van der Waals surface area contributed by atoms with E-state index in [4.69, 9.17) is 5.11 Å². The molecule has 0 aliphatic heterocycles. The van der Waals surface area contributed by atoms with Gasteiger partial charge in [-0.2, -0.15) is 0 Å². The van der Waals surface area contributed by atoms with Crippen molar-refractivity contribution in [3.63, 3.8) is 0 Å². The van der Waals surface area contributed by atoms with Crippen molar-refractivity contribution < 1.29 is 5.11 Å². The summed E-state index contributed by atoms with van der Waals surface area (Å²) in [6.45, 7) is 0.200. The zero-order valence-electron chi connectivity index (χ0n) is 7.81. The minimum Gasteiger partial charge on any atom is -0.396 e. The quantitative estimate of drug-likeness (QED) is 0.592. The summed E-state index contributed by atoms with van der Waals surface area (Å²) >= 11 is 1.64. The van der Waals surface area contributed by atoms with Crippen LogP contribution in [0.4, 0.5) is 0 Å². The number of thiophene rings is 1. The maximum Gasteiger partial charge on any atom is 0.0771 e. The van der Waals surface area contributed by atoms with Gasteiger partial charge in [0.2, 0.25) is 0 Å². The van der Waals surface area contributed by atoms with Gasteiger partial charge in [0.05, 0.1) is 4.88 Å². The number of rotatable bonds is 3. The van der Waals surface area contributed by atoms with E-state index in [1.165, 1.54) is 0 Å². The van der Waals surface area contributed by atoms with E-state index in [-0.39, 0.29) is 6.61 Å². The van der Waals surface area contributed by atoms with Gasteiger partial charge in [-0.25, -0.2) is 0 Å². The molecule has 0 unspecified atom stereocenters. The summed E-state index contributed by atoms with van der Waals surface area (Å²) in [5.74, 6) is 5.94. The first-order chi connectivity index (χ1) is 6.93. The predicted molar refractivity (Wildman–Crippen MR) is 61.2 cm³/mol. The lowest BCUT2D eigenvalue weighted by Gasteiger charge is -1.78. The fraction of sp³-hybridized carbons (Fsp3) is 0.167. The first-order valence-electron chi connectivity index (χ1n) is 4.41. The first-order valence-corrected chi connectivity index (χ1v) is 5.29. The van der Waals surface area contributed by atoms with Crippen LogP contribution < -0.4 is 0 Å². The van der Waals surface area contributed by atoms with Crippen LogP contribution in [0.3, 0.4) is 0 Å². The van der Waals surface area contributed by atoms with E-state index >= 15 is 0 Å². The Morgan fingerprint density at radius 3 is 3.07 bits per heavy atom. The maximum atomic E-state index is 8.49. The fourth-order valence-electron chi connectivity index (χ4n) is 0.815. The normalized spacial score (nSPS) is 10.6. The molecule has 0 aliphatic rings. The molecule has 14 heavy (non-hydrogen) atoms. The van der Waals surface area contributed by atoms with Gasteiger partial charge in [-0.1, -0.05) is 36.1 Å². The molecule has 0 spiro atoms. The summed E-state index contributed by atoms with van der Waals surface area (Å²) in [6.07, 6.45) is 8.16. The van der Waals surface area contributed by atoms with Gasteiger partial charge >= 0.3 is 0 Å². The van der Waals surface area contributed by atoms with Gasteiger partial charge in [0, 0.05) is 6.61 Å². The van der Waals surface area contributed by atoms with Gasteiger partial charge in [-0.3, -0.25) is 0 Å². The zero-order valence-corrected chi connectivity index (χ0v) is 8.63. The maximum absolute atomic E-state index is 8.49. The van der Waals surface area contributed by atoms with Crippen LogP contribution in [0.25, 0.3) is 0 Å². The van der Waals surface area contributed by atoms with E-state index in [9.17, 15) is 0 Å². The van der Waals surface area contributed by atoms with Gasteiger partial charge in [0.25, 0.3) is 0 Å². The van der Waals surface area contributed by atoms with Crippen LogP contribution in [0.5, 0.6) is 0 Å². The molecule has 1 rings (SSSR count). The summed E-state index contributed by atoms with van der Waals surface area (Å²) in [4.78, 5) is 1.08. The Morgan fingerprint density at radius 1 is 1.43 bits per heavy atom. The second kappa shape index (κ2) is 7.14. The van der Waals surface area contributed by atoms with Crippen molar-refractivity contribution in [1.29, 1.82) is 0 Å². The third-order valence-electron chi connectivity index (χ3n) is 1.44. The van der Waals surface area contributed by atoms with Crippen LogP contribution in [0.15, 0.2) is 41.8 Å². The topological polar surface area (TPSA) is 20.2 Å². The highest BCUT2D eigenvalue weighted by atomic mass is 32.1. The van der Waals surface area contributed by atoms with Crippen LogP contribution >= 0.6 is 11.3 Å². The van der Waals surface area contributed by atoms with Crippen molar-refractivity contribution in [3.8, 4) is 11.8 Å². The minimum absolute atomic E-state index is 0.200. The monoisotopic (exact) mass is 204 g/mol. The highest BCUT2D eigenvalue weighted by Gasteiger charge is 1.81. The van der Waals surface area contributed by atoms with E-state index in [1.54, 1.807) is 17.4 Å². The summed E-state index contributed by atoms with van der Waals surface area (Å²) in [6, 6.07) is 3.98. The van der Waals surface area contributed by atoms with E-state index in [0.717, 1.165) is 4.88 Å². The molecular formula is C12H12OS. The van der Waals surface area contributed by atoms with Crippen LogP contribution in [0.1, 0.15) is 11.3 Å². The molecule has 1 heterocycles. The molecule has 0 aliphatic carbocycles. The average Bonchev–Trinajstić information content (AvgIpc) is 2.69. The zero-order chi connectivity index (χ0) is 10.1. The van der Waals surface area contributed by atoms with Gasteiger partial charge in [-0.05, 0) is 23.9 Å². The van der Waals surface area contributed by atoms with E-state index < -0.39 is 0 Å². The van der Waals surface area contributed by atoms with Gasteiger partial charge in [0.15, 0.2) is 0 Å². The lowest BCUT2D eigenvalue weighted by molar-refractivity contribution is 0.302. The molecular weight excluding hydrogens is 192 g/mol. The Balaban J connectivity index is 2.32. The second-order valence-corrected chi connectivity index (χ2v) is 3.49. The highest BCUT2D eigenvalue weighted by Crippen LogP contribution is 2.05. The number of aliphatic hydroxyl groups is 1. The number of allylic oxidation sites excluding steroid dienone is 3. The third-order valence-corrected chi connectivity index (χ3v) is 2.22. The standard InChI is InChI=1S/C12H12OS/c13-10-6-4-2-1-3-5-8-12-9-7-11-14-12/h1-4,7,9,11,13H,6,10H2. The van der Waals surface area contributed by atoms with Crippen molar-refractivity contribution in [3.05, 3.63) is 46.7 Å². The summed E-state index contributed by atoms with van der Waals surface area (Å²) in [5, 5.41) is 10.5. The SMILES string of the molecule is OCCC=CC=CC#Cc1cccs1. The lowest BCUT2D eigenvalue weighted by Crippen LogP contribution is -1.73. The van der Waals surface area contributed by atoms with Crippen molar-refractivity contribution in [2.45, 2.75) is 6.42 Å². The second-order valence-electron chi connectivity index (χ2n) is 2.55. The van der Waals surface area contributed by atoms with E-state index in [1.807, 2.05) is 35.7 Å². The molecule has 1 N–H and O–H groups in total. The summed E-state index contributed by atoms with van der Waals surface area (Å²) in [5.41, 5.74) is 0. The minimum atomic E-state index is 0.200. The Kier molecular flexibility index (Phi) is 5.49. The van der Waals surface area contributed by atoms with Crippen molar-refractivity contribution >= 4 is 11.3 Å². The molecule has 0 radical (unpaired) electrons. The molecule has 0 fully saturated rings. The largest absolute Gasteiger partial charge is 0.396 e. The molecule has 1 aromatic rings. The molecule has 72 valence electrons. The average molecular weight is 204 g/mol. The predicted octanol–water partition coefficient (Wildman–Crippen LogP) is 2.59. The van der Waals surface area contributed by atoms with E-state index in [2.05, 4.69) is 11.8 Å². The Labute approximate surface area is 88.4 Å². The van der Waals surface area contributed by atoms with Crippen molar-refractivity contribution in [1.82, 2.24) is 0 Å². The highest BCUT2D eigenvalue weighted by molar-refractivity contribution is 7.10.